The monoisotopic (exact) mass is 269 g/mol. The first-order valence-electron chi connectivity index (χ1n) is 6.85. The van der Waals surface area contributed by atoms with E-state index in [1.807, 2.05) is 7.11 Å². The Morgan fingerprint density at radius 1 is 1.28 bits per heavy atom. The van der Waals surface area contributed by atoms with Crippen LogP contribution in [0.4, 0.5) is 0 Å². The number of hydrogen-bond acceptors (Lipinski definition) is 5. The van der Waals surface area contributed by atoms with Crippen molar-refractivity contribution < 1.29 is 4.74 Å². The van der Waals surface area contributed by atoms with Crippen LogP contribution in [0.15, 0.2) is 0 Å². The van der Waals surface area contributed by atoms with Crippen molar-refractivity contribution in [1.29, 1.82) is 0 Å². The predicted molar refractivity (Wildman–Crippen MR) is 74.1 cm³/mol. The SMILES string of the molecule is CCCNCCc1nnc(CC2(OC)CCC2)s1. The van der Waals surface area contributed by atoms with Gasteiger partial charge in [-0.1, -0.05) is 6.92 Å². The van der Waals surface area contributed by atoms with Gasteiger partial charge in [-0.3, -0.25) is 0 Å². The van der Waals surface area contributed by atoms with Gasteiger partial charge in [0.15, 0.2) is 0 Å². The van der Waals surface area contributed by atoms with E-state index in [1.165, 1.54) is 12.8 Å². The van der Waals surface area contributed by atoms with Crippen LogP contribution in [0.25, 0.3) is 0 Å². The molecule has 1 N–H and O–H groups in total. The maximum Gasteiger partial charge on any atom is 0.120 e. The summed E-state index contributed by atoms with van der Waals surface area (Å²) in [5, 5.41) is 14.2. The number of ether oxygens (including phenoxy) is 1. The van der Waals surface area contributed by atoms with E-state index in [9.17, 15) is 0 Å². The number of aromatic nitrogens is 2. The summed E-state index contributed by atoms with van der Waals surface area (Å²) in [6, 6.07) is 0. The van der Waals surface area contributed by atoms with E-state index in [0.29, 0.717) is 0 Å². The van der Waals surface area contributed by atoms with E-state index < -0.39 is 0 Å². The Hall–Kier alpha value is -0.520. The van der Waals surface area contributed by atoms with Crippen LogP contribution in [0.1, 0.15) is 42.6 Å². The molecule has 1 aliphatic rings. The minimum atomic E-state index is 0.0667. The largest absolute Gasteiger partial charge is 0.378 e. The molecule has 18 heavy (non-hydrogen) atoms. The van der Waals surface area contributed by atoms with Gasteiger partial charge in [0.1, 0.15) is 10.0 Å². The molecule has 0 radical (unpaired) electrons. The summed E-state index contributed by atoms with van der Waals surface area (Å²) >= 11 is 1.74. The highest BCUT2D eigenvalue weighted by Gasteiger charge is 2.38. The van der Waals surface area contributed by atoms with E-state index in [4.69, 9.17) is 4.74 Å². The summed E-state index contributed by atoms with van der Waals surface area (Å²) in [7, 11) is 1.82. The number of nitrogens with one attached hydrogen (secondary N) is 1. The molecule has 1 fully saturated rings. The Bertz CT molecular complexity index is 357. The fourth-order valence-corrected chi connectivity index (χ4v) is 3.23. The summed E-state index contributed by atoms with van der Waals surface area (Å²) in [4.78, 5) is 0. The average molecular weight is 269 g/mol. The highest BCUT2D eigenvalue weighted by molar-refractivity contribution is 7.11. The van der Waals surface area contributed by atoms with Gasteiger partial charge in [-0.25, -0.2) is 0 Å². The molecule has 0 bridgehead atoms. The lowest BCUT2D eigenvalue weighted by molar-refractivity contribution is -0.0709. The molecule has 1 aromatic rings. The first kappa shape index (κ1) is 13.9. The molecule has 1 aliphatic carbocycles. The molecular formula is C13H23N3OS. The molecule has 1 aromatic heterocycles. The molecule has 0 unspecified atom stereocenters. The summed E-state index contributed by atoms with van der Waals surface area (Å²) in [6.45, 7) is 4.26. The Balaban J connectivity index is 1.79. The molecule has 4 nitrogen and oxygen atoms in total. The van der Waals surface area contributed by atoms with Gasteiger partial charge in [-0.15, -0.1) is 21.5 Å². The number of hydrogen-bond donors (Lipinski definition) is 1. The van der Waals surface area contributed by atoms with Crippen molar-refractivity contribution in [3.63, 3.8) is 0 Å². The Morgan fingerprint density at radius 2 is 2.06 bits per heavy atom. The Morgan fingerprint density at radius 3 is 2.67 bits per heavy atom. The molecule has 0 saturated heterocycles. The van der Waals surface area contributed by atoms with Gasteiger partial charge in [-0.2, -0.15) is 0 Å². The fourth-order valence-electron chi connectivity index (χ4n) is 2.26. The molecule has 5 heteroatoms. The summed E-state index contributed by atoms with van der Waals surface area (Å²) in [6.07, 6.45) is 6.70. The van der Waals surface area contributed by atoms with Gasteiger partial charge in [0.05, 0.1) is 5.60 Å². The first-order chi connectivity index (χ1) is 8.78. The van der Waals surface area contributed by atoms with Crippen LogP contribution in [0, 0.1) is 0 Å². The fraction of sp³-hybridized carbons (Fsp3) is 0.846. The maximum atomic E-state index is 5.63. The lowest BCUT2D eigenvalue weighted by Crippen LogP contribution is -2.41. The number of nitrogens with zero attached hydrogens (tertiary/aromatic N) is 2. The lowest BCUT2D eigenvalue weighted by Gasteiger charge is -2.39. The van der Waals surface area contributed by atoms with E-state index in [-0.39, 0.29) is 5.60 Å². The van der Waals surface area contributed by atoms with Crippen LogP contribution in [-0.2, 0) is 17.6 Å². The van der Waals surface area contributed by atoms with Crippen LogP contribution in [0.3, 0.4) is 0 Å². The van der Waals surface area contributed by atoms with Gasteiger partial charge in [0.2, 0.25) is 0 Å². The van der Waals surface area contributed by atoms with E-state index in [2.05, 4.69) is 22.4 Å². The summed E-state index contributed by atoms with van der Waals surface area (Å²) < 4.78 is 5.63. The van der Waals surface area contributed by atoms with Crippen molar-refractivity contribution in [2.45, 2.75) is 51.0 Å². The van der Waals surface area contributed by atoms with Crippen LogP contribution < -0.4 is 5.32 Å². The van der Waals surface area contributed by atoms with Gasteiger partial charge < -0.3 is 10.1 Å². The molecule has 0 spiro atoms. The maximum absolute atomic E-state index is 5.63. The predicted octanol–water partition coefficient (Wildman–Crippen LogP) is 2.19. The lowest BCUT2D eigenvalue weighted by atomic mass is 9.78. The summed E-state index contributed by atoms with van der Waals surface area (Å²) in [5.74, 6) is 0. The van der Waals surface area contributed by atoms with Gasteiger partial charge in [-0.05, 0) is 32.2 Å². The zero-order chi connectivity index (χ0) is 12.8. The van der Waals surface area contributed by atoms with Crippen molar-refractivity contribution in [1.82, 2.24) is 15.5 Å². The molecular weight excluding hydrogens is 246 g/mol. The normalized spacial score (nSPS) is 17.7. The third-order valence-electron chi connectivity index (χ3n) is 3.62. The second kappa shape index (κ2) is 6.59. The standard InChI is InChI=1S/C13H23N3OS/c1-3-8-14-9-5-11-15-16-12(18-11)10-13(17-2)6-4-7-13/h14H,3-10H2,1-2H3. The van der Waals surface area contributed by atoms with E-state index in [0.717, 1.165) is 48.8 Å². The first-order valence-corrected chi connectivity index (χ1v) is 7.67. The zero-order valence-corrected chi connectivity index (χ0v) is 12.2. The third kappa shape index (κ3) is 3.49. The third-order valence-corrected chi connectivity index (χ3v) is 4.61. The van der Waals surface area contributed by atoms with Crippen molar-refractivity contribution in [2.75, 3.05) is 20.2 Å². The van der Waals surface area contributed by atoms with Crippen LogP contribution >= 0.6 is 11.3 Å². The average Bonchev–Trinajstić information content (AvgIpc) is 2.77. The van der Waals surface area contributed by atoms with Crippen molar-refractivity contribution in [2.24, 2.45) is 0 Å². The minimum Gasteiger partial charge on any atom is -0.378 e. The second-order valence-electron chi connectivity index (χ2n) is 5.01. The van der Waals surface area contributed by atoms with Crippen molar-refractivity contribution in [3.05, 3.63) is 10.0 Å². The van der Waals surface area contributed by atoms with Crippen LogP contribution in [-0.4, -0.2) is 36.0 Å². The highest BCUT2D eigenvalue weighted by atomic mass is 32.1. The van der Waals surface area contributed by atoms with Gasteiger partial charge in [0, 0.05) is 26.5 Å². The topological polar surface area (TPSA) is 47.0 Å². The molecule has 1 saturated carbocycles. The number of rotatable bonds is 8. The van der Waals surface area contributed by atoms with Crippen LogP contribution in [0.2, 0.25) is 0 Å². The highest BCUT2D eigenvalue weighted by Crippen LogP contribution is 2.38. The Labute approximate surface area is 113 Å². The molecule has 0 aromatic carbocycles. The van der Waals surface area contributed by atoms with Crippen molar-refractivity contribution in [3.8, 4) is 0 Å². The van der Waals surface area contributed by atoms with E-state index >= 15 is 0 Å². The molecule has 0 aliphatic heterocycles. The number of methoxy groups -OCH3 is 1. The van der Waals surface area contributed by atoms with Crippen molar-refractivity contribution >= 4 is 11.3 Å². The quantitative estimate of drug-likeness (QED) is 0.735. The molecule has 0 amide bonds. The second-order valence-corrected chi connectivity index (χ2v) is 6.15. The molecule has 1 heterocycles. The smallest absolute Gasteiger partial charge is 0.120 e. The molecule has 102 valence electrons. The van der Waals surface area contributed by atoms with E-state index in [1.54, 1.807) is 11.3 Å². The van der Waals surface area contributed by atoms with Crippen LogP contribution in [0.5, 0.6) is 0 Å². The Kier molecular flexibility index (Phi) is 5.09. The molecule has 2 rings (SSSR count). The van der Waals surface area contributed by atoms with Gasteiger partial charge >= 0.3 is 0 Å². The van der Waals surface area contributed by atoms with Gasteiger partial charge in [0.25, 0.3) is 0 Å². The zero-order valence-electron chi connectivity index (χ0n) is 11.4. The molecule has 0 atom stereocenters. The summed E-state index contributed by atoms with van der Waals surface area (Å²) in [5.41, 5.74) is 0.0667. The minimum absolute atomic E-state index is 0.0667.